The summed E-state index contributed by atoms with van der Waals surface area (Å²) in [5, 5.41) is 0. The first-order chi connectivity index (χ1) is 9.93. The molecule has 0 saturated heterocycles. The summed E-state index contributed by atoms with van der Waals surface area (Å²) < 4.78 is 5.66. The van der Waals surface area contributed by atoms with Crippen molar-refractivity contribution in [3.05, 3.63) is 0 Å². The smallest absolute Gasteiger partial charge is 0.0577 e. The van der Waals surface area contributed by atoms with Crippen molar-refractivity contribution in [1.29, 1.82) is 0 Å². The second-order valence-electron chi connectivity index (χ2n) is 6.67. The van der Waals surface area contributed by atoms with Gasteiger partial charge in [0.1, 0.15) is 0 Å². The molecule has 20 heavy (non-hydrogen) atoms. The van der Waals surface area contributed by atoms with E-state index in [1.807, 2.05) is 0 Å². The van der Waals surface area contributed by atoms with Crippen molar-refractivity contribution >= 4 is 0 Å². The van der Waals surface area contributed by atoms with Crippen LogP contribution < -0.4 is 0 Å². The van der Waals surface area contributed by atoms with Gasteiger partial charge < -0.3 is 4.74 Å². The first-order valence-corrected chi connectivity index (χ1v) is 9.55. The summed E-state index contributed by atoms with van der Waals surface area (Å²) in [4.78, 5) is 0. The lowest BCUT2D eigenvalue weighted by atomic mass is 10.0. The molecule has 0 heterocycles. The Balaban J connectivity index is 1.60. The minimum absolute atomic E-state index is 0.650. The fourth-order valence-electron chi connectivity index (χ4n) is 2.78. The quantitative estimate of drug-likeness (QED) is 0.288. The van der Waals surface area contributed by atoms with Crippen molar-refractivity contribution < 1.29 is 4.74 Å². The molecule has 0 unspecified atom stereocenters. The van der Waals surface area contributed by atoms with Crippen LogP contribution in [0, 0.1) is 0 Å². The van der Waals surface area contributed by atoms with E-state index >= 15 is 0 Å². The topological polar surface area (TPSA) is 9.23 Å². The predicted molar refractivity (Wildman–Crippen MR) is 89.3 cm³/mol. The Morgan fingerprint density at radius 1 is 0.600 bits per heavy atom. The molecule has 1 heteroatoms. The number of ether oxygens (including phenoxy) is 1. The van der Waals surface area contributed by atoms with E-state index in [0.717, 1.165) is 6.61 Å². The molecule has 1 saturated carbocycles. The van der Waals surface area contributed by atoms with Crippen LogP contribution in [0.4, 0.5) is 0 Å². The van der Waals surface area contributed by atoms with E-state index in [-0.39, 0.29) is 0 Å². The SMILES string of the molecule is CCCCCCCCCCCCCCCCOC1CC1. The highest BCUT2D eigenvalue weighted by atomic mass is 16.5. The van der Waals surface area contributed by atoms with Gasteiger partial charge in [0.25, 0.3) is 0 Å². The molecule has 0 aliphatic heterocycles. The lowest BCUT2D eigenvalue weighted by Gasteiger charge is -2.04. The fraction of sp³-hybridized carbons (Fsp3) is 1.00. The number of rotatable bonds is 16. The van der Waals surface area contributed by atoms with E-state index in [0.29, 0.717) is 6.10 Å². The van der Waals surface area contributed by atoms with Gasteiger partial charge in [0.05, 0.1) is 6.10 Å². The van der Waals surface area contributed by atoms with Gasteiger partial charge >= 0.3 is 0 Å². The fourth-order valence-corrected chi connectivity index (χ4v) is 2.78. The van der Waals surface area contributed by atoms with Crippen molar-refractivity contribution in [2.45, 2.75) is 116 Å². The first kappa shape index (κ1) is 18.0. The van der Waals surface area contributed by atoms with Gasteiger partial charge in [0.2, 0.25) is 0 Å². The molecule has 0 aromatic rings. The van der Waals surface area contributed by atoms with Crippen molar-refractivity contribution in [2.75, 3.05) is 6.61 Å². The zero-order valence-corrected chi connectivity index (χ0v) is 14.0. The molecular formula is C19H38O. The molecule has 0 bridgehead atoms. The maximum Gasteiger partial charge on any atom is 0.0577 e. The Kier molecular flexibility index (Phi) is 12.5. The van der Waals surface area contributed by atoms with Crippen molar-refractivity contribution in [2.24, 2.45) is 0 Å². The van der Waals surface area contributed by atoms with Crippen molar-refractivity contribution in [1.82, 2.24) is 0 Å². The van der Waals surface area contributed by atoms with E-state index in [2.05, 4.69) is 6.92 Å². The summed E-state index contributed by atoms with van der Waals surface area (Å²) in [6.07, 6.45) is 23.4. The van der Waals surface area contributed by atoms with Crippen molar-refractivity contribution in [3.63, 3.8) is 0 Å². The van der Waals surface area contributed by atoms with Crippen LogP contribution in [0.25, 0.3) is 0 Å². The summed E-state index contributed by atoms with van der Waals surface area (Å²) in [6.45, 7) is 3.31. The van der Waals surface area contributed by atoms with E-state index < -0.39 is 0 Å². The van der Waals surface area contributed by atoms with Gasteiger partial charge in [-0.05, 0) is 19.3 Å². The van der Waals surface area contributed by atoms with Gasteiger partial charge in [-0.3, -0.25) is 0 Å². The molecule has 0 aromatic heterocycles. The average molecular weight is 283 g/mol. The third-order valence-electron chi connectivity index (χ3n) is 4.38. The molecule has 1 rings (SSSR count). The lowest BCUT2D eigenvalue weighted by molar-refractivity contribution is 0.115. The van der Waals surface area contributed by atoms with Crippen LogP contribution in [-0.4, -0.2) is 12.7 Å². The molecule has 1 aliphatic rings. The Morgan fingerprint density at radius 2 is 1.00 bits per heavy atom. The Hall–Kier alpha value is -0.0400. The minimum atomic E-state index is 0.650. The van der Waals surface area contributed by atoms with Gasteiger partial charge in [0.15, 0.2) is 0 Å². The lowest BCUT2D eigenvalue weighted by Crippen LogP contribution is -1.95. The van der Waals surface area contributed by atoms with E-state index in [1.54, 1.807) is 0 Å². The predicted octanol–water partition coefficient (Wildman–Crippen LogP) is 6.65. The standard InChI is InChI=1S/C19H38O/c1-2-3-4-5-6-7-8-9-10-11-12-13-14-15-18-20-19-16-17-19/h19H,2-18H2,1H3. The largest absolute Gasteiger partial charge is 0.378 e. The third kappa shape index (κ3) is 13.0. The average Bonchev–Trinajstić information content (AvgIpc) is 3.27. The van der Waals surface area contributed by atoms with Crippen molar-refractivity contribution in [3.8, 4) is 0 Å². The summed E-state index contributed by atoms with van der Waals surface area (Å²) in [6, 6.07) is 0. The van der Waals surface area contributed by atoms with Crippen LogP contribution >= 0.6 is 0 Å². The molecule has 0 radical (unpaired) electrons. The van der Waals surface area contributed by atoms with Crippen LogP contribution in [-0.2, 0) is 4.74 Å². The summed E-state index contributed by atoms with van der Waals surface area (Å²) >= 11 is 0. The normalized spacial score (nSPS) is 14.8. The Morgan fingerprint density at radius 3 is 1.40 bits per heavy atom. The van der Waals surface area contributed by atoms with Gasteiger partial charge in [-0.1, -0.05) is 90.4 Å². The second kappa shape index (κ2) is 13.9. The molecular weight excluding hydrogens is 244 g/mol. The molecule has 120 valence electrons. The highest BCUT2D eigenvalue weighted by Crippen LogP contribution is 2.23. The number of hydrogen-bond acceptors (Lipinski definition) is 1. The van der Waals surface area contributed by atoms with Crippen LogP contribution in [0.5, 0.6) is 0 Å². The molecule has 1 aliphatic carbocycles. The second-order valence-corrected chi connectivity index (χ2v) is 6.67. The van der Waals surface area contributed by atoms with Crippen LogP contribution in [0.3, 0.4) is 0 Å². The summed E-state index contributed by atoms with van der Waals surface area (Å²) in [5.41, 5.74) is 0. The van der Waals surface area contributed by atoms with Crippen LogP contribution in [0.15, 0.2) is 0 Å². The highest BCUT2D eigenvalue weighted by molar-refractivity contribution is 4.72. The summed E-state index contributed by atoms with van der Waals surface area (Å²) in [5.74, 6) is 0. The molecule has 1 nitrogen and oxygen atoms in total. The number of unbranched alkanes of at least 4 members (excludes halogenated alkanes) is 13. The number of hydrogen-bond donors (Lipinski definition) is 0. The van der Waals surface area contributed by atoms with Gasteiger partial charge in [-0.2, -0.15) is 0 Å². The van der Waals surface area contributed by atoms with E-state index in [1.165, 1.54) is 103 Å². The van der Waals surface area contributed by atoms with Crippen LogP contribution in [0.2, 0.25) is 0 Å². The molecule has 0 N–H and O–H groups in total. The molecule has 0 amide bonds. The monoisotopic (exact) mass is 282 g/mol. The molecule has 0 spiro atoms. The van der Waals surface area contributed by atoms with Gasteiger partial charge in [0, 0.05) is 6.61 Å². The zero-order chi connectivity index (χ0) is 14.3. The van der Waals surface area contributed by atoms with E-state index in [4.69, 9.17) is 4.74 Å². The molecule has 0 aromatic carbocycles. The van der Waals surface area contributed by atoms with Crippen LogP contribution in [0.1, 0.15) is 110 Å². The Bertz CT molecular complexity index is 186. The molecule has 1 fully saturated rings. The first-order valence-electron chi connectivity index (χ1n) is 9.55. The third-order valence-corrected chi connectivity index (χ3v) is 4.38. The van der Waals surface area contributed by atoms with E-state index in [9.17, 15) is 0 Å². The molecule has 0 atom stereocenters. The van der Waals surface area contributed by atoms with Gasteiger partial charge in [-0.25, -0.2) is 0 Å². The minimum Gasteiger partial charge on any atom is -0.378 e. The maximum absolute atomic E-state index is 5.66. The zero-order valence-electron chi connectivity index (χ0n) is 14.0. The highest BCUT2D eigenvalue weighted by Gasteiger charge is 2.21. The van der Waals surface area contributed by atoms with Gasteiger partial charge in [-0.15, -0.1) is 0 Å². The Labute approximate surface area is 127 Å². The maximum atomic E-state index is 5.66. The summed E-state index contributed by atoms with van der Waals surface area (Å²) in [7, 11) is 0.